The Morgan fingerprint density at radius 3 is 2.70 bits per heavy atom. The van der Waals surface area contributed by atoms with Crippen molar-refractivity contribution in [3.63, 3.8) is 0 Å². The van der Waals surface area contributed by atoms with Crippen LogP contribution >= 0.6 is 0 Å². The van der Waals surface area contributed by atoms with Crippen molar-refractivity contribution in [2.24, 2.45) is 5.92 Å². The summed E-state index contributed by atoms with van der Waals surface area (Å²) >= 11 is 0. The zero-order valence-electron chi connectivity index (χ0n) is 13.2. The molecule has 0 saturated heterocycles. The van der Waals surface area contributed by atoms with Gasteiger partial charge in [0.05, 0.1) is 0 Å². The van der Waals surface area contributed by atoms with Crippen molar-refractivity contribution < 1.29 is 9.18 Å². The van der Waals surface area contributed by atoms with Crippen LogP contribution in [0.5, 0.6) is 0 Å². The highest BCUT2D eigenvalue weighted by Gasteiger charge is 2.14. The third kappa shape index (κ3) is 5.06. The maximum absolute atomic E-state index is 13.6. The van der Waals surface area contributed by atoms with E-state index in [1.54, 1.807) is 48.0 Å². The summed E-state index contributed by atoms with van der Waals surface area (Å²) in [5, 5.41) is 2.84. The summed E-state index contributed by atoms with van der Waals surface area (Å²) in [5.74, 6) is -0.685. The Kier molecular flexibility index (Phi) is 6.09. The van der Waals surface area contributed by atoms with E-state index in [0.29, 0.717) is 31.5 Å². The second-order valence-corrected chi connectivity index (χ2v) is 5.57. The Balaban J connectivity index is 1.75. The lowest BCUT2D eigenvalue weighted by molar-refractivity contribution is -0.124. The van der Waals surface area contributed by atoms with Crippen LogP contribution in [0.4, 0.5) is 4.39 Å². The van der Waals surface area contributed by atoms with Crippen LogP contribution in [0.25, 0.3) is 0 Å². The van der Waals surface area contributed by atoms with E-state index in [1.807, 2.05) is 0 Å². The minimum atomic E-state index is -0.300. The summed E-state index contributed by atoms with van der Waals surface area (Å²) < 4.78 is 15.2. The fourth-order valence-corrected chi connectivity index (χ4v) is 2.37. The van der Waals surface area contributed by atoms with Crippen LogP contribution in [0.2, 0.25) is 0 Å². The average molecular weight is 316 g/mol. The fourth-order valence-electron chi connectivity index (χ4n) is 2.37. The number of carbonyl (C=O) groups excluding carboxylic acids is 1. The molecule has 122 valence electrons. The van der Waals surface area contributed by atoms with E-state index in [4.69, 9.17) is 0 Å². The third-order valence-corrected chi connectivity index (χ3v) is 3.71. The van der Waals surface area contributed by atoms with E-state index in [9.17, 15) is 14.0 Å². The first kappa shape index (κ1) is 16.9. The maximum atomic E-state index is 13.6. The van der Waals surface area contributed by atoms with E-state index >= 15 is 0 Å². The van der Waals surface area contributed by atoms with Crippen molar-refractivity contribution in [1.82, 2.24) is 9.88 Å². The smallest absolute Gasteiger partial charge is 0.250 e. The standard InChI is InChI=1S/C18H21FN2O2/c1-14(13-15-7-2-3-8-16(15)19)18(23)20-10-6-12-21-11-5-4-9-17(21)22/h2-5,7-9,11,14H,6,10,12-13H2,1H3,(H,20,23)/t14-/m0/s1. The molecule has 0 fully saturated rings. The first-order chi connectivity index (χ1) is 11.1. The summed E-state index contributed by atoms with van der Waals surface area (Å²) in [7, 11) is 0. The predicted octanol–water partition coefficient (Wildman–Crippen LogP) is 2.37. The van der Waals surface area contributed by atoms with Crippen LogP contribution in [-0.2, 0) is 17.8 Å². The molecule has 5 heteroatoms. The zero-order valence-corrected chi connectivity index (χ0v) is 13.2. The van der Waals surface area contributed by atoms with Gasteiger partial charge in [0, 0.05) is 31.3 Å². The second-order valence-electron chi connectivity index (χ2n) is 5.57. The highest BCUT2D eigenvalue weighted by Crippen LogP contribution is 2.12. The van der Waals surface area contributed by atoms with Gasteiger partial charge in [-0.25, -0.2) is 4.39 Å². The molecule has 0 aliphatic heterocycles. The Bertz CT molecular complexity index is 712. The van der Waals surface area contributed by atoms with E-state index < -0.39 is 0 Å². The minimum absolute atomic E-state index is 0.0493. The molecule has 2 rings (SSSR count). The molecule has 0 bridgehead atoms. The summed E-state index contributed by atoms with van der Waals surface area (Å²) in [6.07, 6.45) is 2.77. The van der Waals surface area contributed by atoms with Gasteiger partial charge in [0.1, 0.15) is 5.82 Å². The van der Waals surface area contributed by atoms with Gasteiger partial charge in [-0.3, -0.25) is 9.59 Å². The predicted molar refractivity (Wildman–Crippen MR) is 87.6 cm³/mol. The number of pyridine rings is 1. The van der Waals surface area contributed by atoms with Gasteiger partial charge >= 0.3 is 0 Å². The number of nitrogens with one attached hydrogen (secondary N) is 1. The van der Waals surface area contributed by atoms with Crippen LogP contribution in [-0.4, -0.2) is 17.0 Å². The largest absolute Gasteiger partial charge is 0.356 e. The van der Waals surface area contributed by atoms with Gasteiger partial charge in [-0.2, -0.15) is 0 Å². The monoisotopic (exact) mass is 316 g/mol. The second kappa shape index (κ2) is 8.27. The molecule has 1 amide bonds. The SMILES string of the molecule is C[C@@H](Cc1ccccc1F)C(=O)NCCCn1ccccc1=O. The fraction of sp³-hybridized carbons (Fsp3) is 0.333. The van der Waals surface area contributed by atoms with Gasteiger partial charge in [0.25, 0.3) is 0 Å². The molecular formula is C18H21FN2O2. The summed E-state index contributed by atoms with van der Waals surface area (Å²) in [6, 6.07) is 11.5. The number of benzene rings is 1. The summed E-state index contributed by atoms with van der Waals surface area (Å²) in [5.41, 5.74) is 0.498. The quantitative estimate of drug-likeness (QED) is 0.797. The number of aromatic nitrogens is 1. The van der Waals surface area contributed by atoms with Crippen LogP contribution in [0, 0.1) is 11.7 Å². The Morgan fingerprint density at radius 2 is 1.96 bits per heavy atom. The van der Waals surface area contributed by atoms with Crippen LogP contribution in [0.15, 0.2) is 53.5 Å². The molecule has 1 aromatic carbocycles. The van der Waals surface area contributed by atoms with Crippen molar-refractivity contribution in [2.75, 3.05) is 6.54 Å². The normalized spacial score (nSPS) is 11.9. The molecule has 4 nitrogen and oxygen atoms in total. The number of halogens is 1. The number of nitrogens with zero attached hydrogens (tertiary/aromatic N) is 1. The van der Waals surface area contributed by atoms with Crippen LogP contribution in [0.3, 0.4) is 0 Å². The van der Waals surface area contributed by atoms with E-state index in [1.165, 1.54) is 12.1 Å². The lowest BCUT2D eigenvalue weighted by atomic mass is 10.00. The molecule has 1 atom stereocenters. The molecule has 0 spiro atoms. The highest BCUT2D eigenvalue weighted by atomic mass is 19.1. The van der Waals surface area contributed by atoms with Gasteiger partial charge in [-0.05, 0) is 30.5 Å². The topological polar surface area (TPSA) is 51.1 Å². The Morgan fingerprint density at radius 1 is 1.22 bits per heavy atom. The van der Waals surface area contributed by atoms with Gasteiger partial charge in [0.2, 0.25) is 11.5 Å². The molecule has 1 heterocycles. The van der Waals surface area contributed by atoms with E-state index in [0.717, 1.165) is 0 Å². The number of carbonyl (C=O) groups is 1. The molecule has 0 saturated carbocycles. The molecule has 23 heavy (non-hydrogen) atoms. The first-order valence-corrected chi connectivity index (χ1v) is 7.74. The average Bonchev–Trinajstić information content (AvgIpc) is 2.55. The zero-order chi connectivity index (χ0) is 16.7. The number of rotatable bonds is 7. The molecule has 2 aromatic rings. The molecule has 0 aliphatic carbocycles. The number of hydrogen-bond donors (Lipinski definition) is 1. The van der Waals surface area contributed by atoms with Gasteiger partial charge < -0.3 is 9.88 Å². The third-order valence-electron chi connectivity index (χ3n) is 3.71. The van der Waals surface area contributed by atoms with E-state index in [2.05, 4.69) is 5.32 Å². The maximum Gasteiger partial charge on any atom is 0.250 e. The first-order valence-electron chi connectivity index (χ1n) is 7.74. The van der Waals surface area contributed by atoms with Crippen molar-refractivity contribution in [1.29, 1.82) is 0 Å². The Hall–Kier alpha value is -2.43. The molecular weight excluding hydrogens is 295 g/mol. The van der Waals surface area contributed by atoms with Gasteiger partial charge in [0.15, 0.2) is 0 Å². The number of aryl methyl sites for hydroxylation is 1. The molecule has 0 aliphatic rings. The Labute approximate surface area is 135 Å². The van der Waals surface area contributed by atoms with Gasteiger partial charge in [-0.15, -0.1) is 0 Å². The molecule has 0 radical (unpaired) electrons. The van der Waals surface area contributed by atoms with E-state index in [-0.39, 0.29) is 23.2 Å². The van der Waals surface area contributed by atoms with Crippen molar-refractivity contribution in [2.45, 2.75) is 26.3 Å². The van der Waals surface area contributed by atoms with Crippen LogP contribution < -0.4 is 10.9 Å². The lowest BCUT2D eigenvalue weighted by Gasteiger charge is -2.13. The minimum Gasteiger partial charge on any atom is -0.356 e. The number of amides is 1. The molecule has 1 N–H and O–H groups in total. The summed E-state index contributed by atoms with van der Waals surface area (Å²) in [6.45, 7) is 2.83. The highest BCUT2D eigenvalue weighted by molar-refractivity contribution is 5.78. The van der Waals surface area contributed by atoms with Crippen molar-refractivity contribution >= 4 is 5.91 Å². The van der Waals surface area contributed by atoms with Crippen molar-refractivity contribution in [3.05, 3.63) is 70.4 Å². The molecule has 1 aromatic heterocycles. The van der Waals surface area contributed by atoms with Crippen molar-refractivity contribution in [3.8, 4) is 0 Å². The molecule has 0 unspecified atom stereocenters. The lowest BCUT2D eigenvalue weighted by Crippen LogP contribution is -2.32. The van der Waals surface area contributed by atoms with Crippen LogP contribution in [0.1, 0.15) is 18.9 Å². The van der Waals surface area contributed by atoms with Gasteiger partial charge in [-0.1, -0.05) is 31.2 Å². The number of hydrogen-bond acceptors (Lipinski definition) is 2. The summed E-state index contributed by atoms with van der Waals surface area (Å²) in [4.78, 5) is 23.6.